The second kappa shape index (κ2) is 5.72. The number of carbonyl (C=O) groups is 1. The molecule has 0 spiro atoms. The van der Waals surface area contributed by atoms with Crippen molar-refractivity contribution >= 4 is 34.7 Å². The molecule has 0 N–H and O–H groups in total. The molecule has 1 fully saturated rings. The molecule has 1 saturated heterocycles. The Morgan fingerprint density at radius 1 is 1.25 bits per heavy atom. The highest BCUT2D eigenvalue weighted by Crippen LogP contribution is 2.31. The van der Waals surface area contributed by atoms with Crippen LogP contribution in [-0.4, -0.2) is 50.8 Å². The van der Waals surface area contributed by atoms with Crippen molar-refractivity contribution in [2.75, 3.05) is 23.4 Å². The average Bonchev–Trinajstić information content (AvgIpc) is 3.20. The zero-order valence-corrected chi connectivity index (χ0v) is 13.6. The fourth-order valence-corrected chi connectivity index (χ4v) is 3.16. The van der Waals surface area contributed by atoms with Crippen molar-refractivity contribution in [1.29, 1.82) is 0 Å². The summed E-state index contributed by atoms with van der Waals surface area (Å²) in [4.78, 5) is 16.4. The molecule has 1 aliphatic heterocycles. The Bertz CT molecular complexity index is 911. The van der Waals surface area contributed by atoms with Crippen molar-refractivity contribution in [3.8, 4) is 0 Å². The number of anilines is 2. The van der Waals surface area contributed by atoms with Crippen molar-refractivity contribution in [3.05, 3.63) is 41.4 Å². The van der Waals surface area contributed by atoms with E-state index >= 15 is 0 Å². The maximum atomic E-state index is 12.8. The largest absolute Gasteiger partial charge is 0.346 e. The molecule has 1 aliphatic rings. The molecule has 9 heteroatoms. The normalized spacial score (nSPS) is 17.7. The number of tetrazole rings is 1. The molecule has 1 aromatic carbocycles. The number of hydrogen-bond acceptors (Lipinski definition) is 6. The first kappa shape index (κ1) is 14.8. The van der Waals surface area contributed by atoms with Crippen molar-refractivity contribution in [2.24, 2.45) is 0 Å². The summed E-state index contributed by atoms with van der Waals surface area (Å²) in [5.74, 6) is 0.637. The highest BCUT2D eigenvalue weighted by atomic mass is 35.5. The lowest BCUT2D eigenvalue weighted by molar-refractivity contribution is -0.118. The van der Waals surface area contributed by atoms with Gasteiger partial charge in [-0.2, -0.15) is 0 Å². The van der Waals surface area contributed by atoms with Crippen LogP contribution < -0.4 is 9.80 Å². The first-order valence-corrected chi connectivity index (χ1v) is 7.87. The smallest absolute Gasteiger partial charge is 0.249 e. The topological polar surface area (TPSA) is 79.5 Å². The standard InChI is InChI=1S/C15H14ClN7O/c1-21(14-7-6-13-17-19-20-23(13)18-14)12-8-9-22(15(12)24)11-5-3-2-4-10(11)16/h2-7,12H,8-9H2,1H3/t12-/m1/s1. The van der Waals surface area contributed by atoms with Crippen molar-refractivity contribution < 1.29 is 4.79 Å². The Balaban J connectivity index is 1.60. The van der Waals surface area contributed by atoms with Crippen LogP contribution in [0.15, 0.2) is 36.4 Å². The number of halogens is 1. The minimum Gasteiger partial charge on any atom is -0.346 e. The van der Waals surface area contributed by atoms with E-state index in [-0.39, 0.29) is 11.9 Å². The summed E-state index contributed by atoms with van der Waals surface area (Å²) in [6.07, 6.45) is 0.690. The summed E-state index contributed by atoms with van der Waals surface area (Å²) in [7, 11) is 1.84. The maximum absolute atomic E-state index is 12.8. The van der Waals surface area contributed by atoms with E-state index in [0.717, 1.165) is 5.69 Å². The minimum atomic E-state index is -0.303. The summed E-state index contributed by atoms with van der Waals surface area (Å²) < 4.78 is 1.34. The van der Waals surface area contributed by atoms with Gasteiger partial charge in [-0.1, -0.05) is 23.7 Å². The highest BCUT2D eigenvalue weighted by molar-refractivity contribution is 6.34. The third-order valence-electron chi connectivity index (χ3n) is 4.20. The molecule has 3 heterocycles. The fourth-order valence-electron chi connectivity index (χ4n) is 2.92. The summed E-state index contributed by atoms with van der Waals surface area (Å²) >= 11 is 6.22. The lowest BCUT2D eigenvalue weighted by Crippen LogP contribution is -2.40. The van der Waals surface area contributed by atoms with Crippen LogP contribution >= 0.6 is 11.6 Å². The first-order valence-electron chi connectivity index (χ1n) is 7.49. The molecule has 0 bridgehead atoms. The Hall–Kier alpha value is -2.74. The van der Waals surface area contributed by atoms with Gasteiger partial charge >= 0.3 is 0 Å². The third kappa shape index (κ3) is 2.35. The van der Waals surface area contributed by atoms with Crippen molar-refractivity contribution in [2.45, 2.75) is 12.5 Å². The van der Waals surface area contributed by atoms with E-state index in [1.165, 1.54) is 4.63 Å². The number of amides is 1. The molecule has 2 aromatic heterocycles. The van der Waals surface area contributed by atoms with Crippen LogP contribution in [-0.2, 0) is 4.79 Å². The molecular formula is C15H14ClN7O. The van der Waals surface area contributed by atoms with E-state index < -0.39 is 0 Å². The molecule has 0 unspecified atom stereocenters. The van der Waals surface area contributed by atoms with E-state index in [2.05, 4.69) is 20.6 Å². The fraction of sp³-hybridized carbons (Fsp3) is 0.267. The van der Waals surface area contributed by atoms with Crippen molar-refractivity contribution in [1.82, 2.24) is 25.3 Å². The Morgan fingerprint density at radius 3 is 2.92 bits per heavy atom. The second-order valence-corrected chi connectivity index (χ2v) is 5.98. The lowest BCUT2D eigenvalue weighted by atomic mass is 10.2. The number of benzene rings is 1. The maximum Gasteiger partial charge on any atom is 0.249 e. The second-order valence-electron chi connectivity index (χ2n) is 5.57. The molecular weight excluding hydrogens is 330 g/mol. The van der Waals surface area contributed by atoms with Gasteiger partial charge in [-0.05, 0) is 41.1 Å². The van der Waals surface area contributed by atoms with Crippen LogP contribution in [0.2, 0.25) is 5.02 Å². The molecule has 1 amide bonds. The molecule has 0 saturated carbocycles. The number of para-hydroxylation sites is 1. The first-order chi connectivity index (χ1) is 11.6. The number of likely N-dealkylation sites (N-methyl/N-ethyl adjacent to an activating group) is 1. The predicted molar refractivity (Wildman–Crippen MR) is 89.2 cm³/mol. The minimum absolute atomic E-state index is 0.00390. The average molecular weight is 344 g/mol. The summed E-state index contributed by atoms with van der Waals surface area (Å²) in [6, 6.07) is 10.6. The van der Waals surface area contributed by atoms with Crippen molar-refractivity contribution in [3.63, 3.8) is 0 Å². The number of aromatic nitrogens is 5. The lowest BCUT2D eigenvalue weighted by Gasteiger charge is -2.24. The van der Waals surface area contributed by atoms with E-state index in [1.54, 1.807) is 23.1 Å². The van der Waals surface area contributed by atoms with Gasteiger partial charge in [0.15, 0.2) is 11.5 Å². The predicted octanol–water partition coefficient (Wildman–Crippen LogP) is 1.41. The molecule has 24 heavy (non-hydrogen) atoms. The number of nitrogens with zero attached hydrogens (tertiary/aromatic N) is 7. The van der Waals surface area contributed by atoms with E-state index in [1.807, 2.05) is 30.1 Å². The van der Waals surface area contributed by atoms with Crippen LogP contribution in [0.5, 0.6) is 0 Å². The van der Waals surface area contributed by atoms with Gasteiger partial charge in [0, 0.05) is 13.6 Å². The van der Waals surface area contributed by atoms with Gasteiger partial charge in [0.2, 0.25) is 5.91 Å². The Kier molecular flexibility index (Phi) is 3.53. The van der Waals surface area contributed by atoms with Crippen LogP contribution in [0.1, 0.15) is 6.42 Å². The van der Waals surface area contributed by atoms with Gasteiger partial charge in [-0.25, -0.2) is 0 Å². The van der Waals surface area contributed by atoms with Crippen LogP contribution in [0, 0.1) is 0 Å². The number of rotatable bonds is 3. The van der Waals surface area contributed by atoms with Gasteiger partial charge in [0.05, 0.1) is 10.7 Å². The third-order valence-corrected chi connectivity index (χ3v) is 4.52. The molecule has 3 aromatic rings. The van der Waals surface area contributed by atoms with Crippen LogP contribution in [0.4, 0.5) is 11.5 Å². The highest BCUT2D eigenvalue weighted by Gasteiger charge is 2.36. The monoisotopic (exact) mass is 343 g/mol. The SMILES string of the molecule is CN(c1ccc2nnnn2n1)[C@@H]1CCN(c2ccccc2Cl)C1=O. The van der Waals surface area contributed by atoms with Gasteiger partial charge in [-0.3, -0.25) is 4.79 Å². The zero-order chi connectivity index (χ0) is 16.7. The molecule has 0 radical (unpaired) electrons. The Morgan fingerprint density at radius 2 is 2.08 bits per heavy atom. The summed E-state index contributed by atoms with van der Waals surface area (Å²) in [6.45, 7) is 0.616. The molecule has 8 nitrogen and oxygen atoms in total. The number of hydrogen-bond donors (Lipinski definition) is 0. The molecule has 4 rings (SSSR count). The van der Waals surface area contributed by atoms with E-state index in [9.17, 15) is 4.79 Å². The zero-order valence-electron chi connectivity index (χ0n) is 12.9. The van der Waals surface area contributed by atoms with Gasteiger partial charge in [-0.15, -0.1) is 14.8 Å². The summed E-state index contributed by atoms with van der Waals surface area (Å²) in [5, 5.41) is 16.1. The van der Waals surface area contributed by atoms with E-state index in [4.69, 9.17) is 11.6 Å². The quantitative estimate of drug-likeness (QED) is 0.715. The van der Waals surface area contributed by atoms with Gasteiger partial charge in [0.1, 0.15) is 6.04 Å². The van der Waals surface area contributed by atoms with Crippen LogP contribution in [0.25, 0.3) is 5.65 Å². The number of fused-ring (bicyclic) bond motifs is 1. The molecule has 0 aliphatic carbocycles. The van der Waals surface area contributed by atoms with Crippen LogP contribution in [0.3, 0.4) is 0 Å². The molecule has 1 atom stereocenters. The number of carbonyl (C=O) groups excluding carboxylic acids is 1. The molecule has 122 valence electrons. The van der Waals surface area contributed by atoms with Gasteiger partial charge in [0.25, 0.3) is 0 Å². The Labute approximate surface area is 142 Å². The van der Waals surface area contributed by atoms with E-state index in [0.29, 0.717) is 29.5 Å². The summed E-state index contributed by atoms with van der Waals surface area (Å²) in [5.41, 5.74) is 1.30. The van der Waals surface area contributed by atoms with Gasteiger partial charge < -0.3 is 9.80 Å².